The van der Waals surface area contributed by atoms with Crippen molar-refractivity contribution in [3.8, 4) is 5.75 Å². The molecule has 182 valence electrons. The Morgan fingerprint density at radius 2 is 1.60 bits per heavy atom. The Labute approximate surface area is 206 Å². The van der Waals surface area contributed by atoms with Crippen LogP contribution in [0.25, 0.3) is 10.9 Å². The van der Waals surface area contributed by atoms with Gasteiger partial charge in [0.25, 0.3) is 5.56 Å². The number of hydrogen-bond donors (Lipinski definition) is 1. The first-order valence-corrected chi connectivity index (χ1v) is 12.9. The number of aromatic amines is 1. The minimum Gasteiger partial charge on any atom is -0.497 e. The zero-order valence-corrected chi connectivity index (χ0v) is 21.3. The summed E-state index contributed by atoms with van der Waals surface area (Å²) in [6.45, 7) is 5.79. The lowest BCUT2D eigenvalue weighted by Crippen LogP contribution is -2.35. The van der Waals surface area contributed by atoms with E-state index < -0.39 is 10.0 Å². The van der Waals surface area contributed by atoms with Crippen molar-refractivity contribution < 1.29 is 13.2 Å². The molecule has 0 aliphatic carbocycles. The van der Waals surface area contributed by atoms with Crippen molar-refractivity contribution in [1.29, 1.82) is 0 Å². The highest BCUT2D eigenvalue weighted by Gasteiger charge is 2.29. The Bertz CT molecular complexity index is 1500. The Morgan fingerprint density at radius 1 is 0.914 bits per heavy atom. The number of aromatic nitrogens is 1. The van der Waals surface area contributed by atoms with Crippen LogP contribution in [-0.4, -0.2) is 31.4 Å². The highest BCUT2D eigenvalue weighted by atomic mass is 32.2. The van der Waals surface area contributed by atoms with Gasteiger partial charge in [-0.2, -0.15) is 4.31 Å². The van der Waals surface area contributed by atoms with Gasteiger partial charge in [0.1, 0.15) is 5.75 Å². The first-order valence-electron chi connectivity index (χ1n) is 11.5. The van der Waals surface area contributed by atoms with Crippen molar-refractivity contribution in [2.45, 2.75) is 38.6 Å². The molecule has 0 spiro atoms. The first-order chi connectivity index (χ1) is 16.7. The molecule has 3 aromatic carbocycles. The summed E-state index contributed by atoms with van der Waals surface area (Å²) in [7, 11) is -2.29. The Kier molecular flexibility index (Phi) is 7.10. The van der Waals surface area contributed by atoms with Gasteiger partial charge in [-0.1, -0.05) is 48.0 Å². The molecule has 0 unspecified atom stereocenters. The smallest absolute Gasteiger partial charge is 0.252 e. The molecule has 4 aromatic rings. The maximum atomic E-state index is 14.0. The molecular formula is C28H30N2O4S. The Morgan fingerprint density at radius 3 is 2.26 bits per heavy atom. The molecule has 1 N–H and O–H groups in total. The number of pyridine rings is 1. The average molecular weight is 491 g/mol. The van der Waals surface area contributed by atoms with Crippen molar-refractivity contribution in [2.24, 2.45) is 0 Å². The van der Waals surface area contributed by atoms with Gasteiger partial charge in [0, 0.05) is 29.6 Å². The quantitative estimate of drug-likeness (QED) is 0.381. The van der Waals surface area contributed by atoms with Crippen LogP contribution in [-0.2, 0) is 23.0 Å². The fourth-order valence-corrected chi connectivity index (χ4v) is 6.38. The van der Waals surface area contributed by atoms with Crippen molar-refractivity contribution in [2.75, 3.05) is 13.7 Å². The summed E-state index contributed by atoms with van der Waals surface area (Å²) < 4.78 is 34.7. The molecular weight excluding hydrogens is 460 g/mol. The highest BCUT2D eigenvalue weighted by molar-refractivity contribution is 7.89. The van der Waals surface area contributed by atoms with Crippen molar-refractivity contribution in [1.82, 2.24) is 9.29 Å². The monoisotopic (exact) mass is 490 g/mol. The second-order valence-electron chi connectivity index (χ2n) is 8.88. The van der Waals surface area contributed by atoms with E-state index in [0.717, 1.165) is 16.5 Å². The molecule has 1 aromatic heterocycles. The first kappa shape index (κ1) is 24.7. The molecule has 0 radical (unpaired) electrons. The van der Waals surface area contributed by atoms with E-state index in [1.54, 1.807) is 25.3 Å². The number of H-pyrrole nitrogens is 1. The third-order valence-electron chi connectivity index (χ3n) is 6.17. The van der Waals surface area contributed by atoms with E-state index in [2.05, 4.69) is 4.98 Å². The largest absolute Gasteiger partial charge is 0.497 e. The molecule has 0 atom stereocenters. The molecule has 7 heteroatoms. The lowest BCUT2D eigenvalue weighted by Gasteiger charge is -2.24. The van der Waals surface area contributed by atoms with Crippen LogP contribution in [0.3, 0.4) is 0 Å². The SMILES string of the molecule is COc1ccc2[nH]c(=O)c(CN(CCc3ccccc3)S(=O)(=O)c3c(C)cc(C)cc3C)cc2c1. The second-order valence-corrected chi connectivity index (χ2v) is 10.8. The molecule has 0 aliphatic heterocycles. The summed E-state index contributed by atoms with van der Waals surface area (Å²) in [6, 6.07) is 20.6. The summed E-state index contributed by atoms with van der Waals surface area (Å²) in [5.74, 6) is 0.662. The summed E-state index contributed by atoms with van der Waals surface area (Å²) >= 11 is 0. The van der Waals surface area contributed by atoms with E-state index in [9.17, 15) is 13.2 Å². The third kappa shape index (κ3) is 5.31. The van der Waals surface area contributed by atoms with Gasteiger partial charge in [-0.15, -0.1) is 0 Å². The van der Waals surface area contributed by atoms with Crippen molar-refractivity contribution in [3.05, 3.63) is 105 Å². The summed E-state index contributed by atoms with van der Waals surface area (Å²) in [5, 5.41) is 0.780. The Balaban J connectivity index is 1.78. The molecule has 6 nitrogen and oxygen atoms in total. The number of hydrogen-bond acceptors (Lipinski definition) is 4. The average Bonchev–Trinajstić information content (AvgIpc) is 2.81. The van der Waals surface area contributed by atoms with Gasteiger partial charge in [-0.25, -0.2) is 8.42 Å². The topological polar surface area (TPSA) is 79.5 Å². The molecule has 35 heavy (non-hydrogen) atoms. The van der Waals surface area contributed by atoms with Crippen LogP contribution in [0.15, 0.2) is 76.4 Å². The molecule has 4 rings (SSSR count). The number of ether oxygens (including phenoxy) is 1. The van der Waals surface area contributed by atoms with Crippen LogP contribution < -0.4 is 10.3 Å². The second kappa shape index (κ2) is 10.1. The fraction of sp³-hybridized carbons (Fsp3) is 0.250. The summed E-state index contributed by atoms with van der Waals surface area (Å²) in [6.07, 6.45) is 0.531. The zero-order valence-electron chi connectivity index (χ0n) is 20.5. The van der Waals surface area contributed by atoms with Gasteiger partial charge >= 0.3 is 0 Å². The van der Waals surface area contributed by atoms with Crippen LogP contribution in [0.2, 0.25) is 0 Å². The van der Waals surface area contributed by atoms with E-state index in [-0.39, 0.29) is 18.6 Å². The third-order valence-corrected chi connectivity index (χ3v) is 8.32. The van der Waals surface area contributed by atoms with Crippen LogP contribution in [0.1, 0.15) is 27.8 Å². The number of methoxy groups -OCH3 is 1. The van der Waals surface area contributed by atoms with E-state index in [1.165, 1.54) is 4.31 Å². The summed E-state index contributed by atoms with van der Waals surface area (Å²) in [5.41, 5.74) is 4.18. The molecule has 1 heterocycles. The molecule has 0 aliphatic rings. The predicted octanol–water partition coefficient (Wildman–Crippen LogP) is 4.90. The van der Waals surface area contributed by atoms with E-state index in [1.807, 2.05) is 69.3 Å². The number of rotatable bonds is 8. The maximum absolute atomic E-state index is 14.0. The van der Waals surface area contributed by atoms with Gasteiger partial charge in [0.05, 0.1) is 12.0 Å². The van der Waals surface area contributed by atoms with Crippen LogP contribution in [0, 0.1) is 20.8 Å². The van der Waals surface area contributed by atoms with Crippen LogP contribution >= 0.6 is 0 Å². The number of aryl methyl sites for hydroxylation is 3. The fourth-order valence-electron chi connectivity index (χ4n) is 4.55. The molecule has 0 bridgehead atoms. The van der Waals surface area contributed by atoms with Crippen LogP contribution in [0.5, 0.6) is 5.75 Å². The van der Waals surface area contributed by atoms with Gasteiger partial charge < -0.3 is 9.72 Å². The van der Waals surface area contributed by atoms with Gasteiger partial charge in [-0.3, -0.25) is 4.79 Å². The lowest BCUT2D eigenvalue weighted by atomic mass is 10.1. The summed E-state index contributed by atoms with van der Waals surface area (Å²) in [4.78, 5) is 16.1. The normalized spacial score (nSPS) is 11.8. The number of fused-ring (bicyclic) bond motifs is 1. The number of nitrogens with one attached hydrogen (secondary N) is 1. The van der Waals surface area contributed by atoms with E-state index in [0.29, 0.717) is 39.3 Å². The lowest BCUT2D eigenvalue weighted by molar-refractivity contribution is 0.407. The highest BCUT2D eigenvalue weighted by Crippen LogP contribution is 2.27. The van der Waals surface area contributed by atoms with Gasteiger partial charge in [0.2, 0.25) is 10.0 Å². The van der Waals surface area contributed by atoms with E-state index in [4.69, 9.17) is 4.74 Å². The standard InChI is InChI=1S/C28H30N2O4S/c1-19-14-20(2)27(21(3)15-19)35(32,33)30(13-12-22-8-6-5-7-9-22)18-24-16-23-17-25(34-4)10-11-26(23)29-28(24)31/h5-11,14-17H,12-13,18H2,1-4H3,(H,29,31). The molecule has 0 saturated carbocycles. The van der Waals surface area contributed by atoms with Crippen molar-refractivity contribution in [3.63, 3.8) is 0 Å². The Hall–Kier alpha value is -3.42. The molecule has 0 saturated heterocycles. The van der Waals surface area contributed by atoms with Crippen LogP contribution in [0.4, 0.5) is 0 Å². The molecule has 0 fully saturated rings. The predicted molar refractivity (Wildman–Crippen MR) is 140 cm³/mol. The number of sulfonamides is 1. The minimum absolute atomic E-state index is 0.0373. The van der Waals surface area contributed by atoms with E-state index >= 15 is 0 Å². The number of benzene rings is 3. The van der Waals surface area contributed by atoms with Gasteiger partial charge in [-0.05, 0) is 68.1 Å². The maximum Gasteiger partial charge on any atom is 0.252 e. The van der Waals surface area contributed by atoms with Crippen molar-refractivity contribution >= 4 is 20.9 Å². The number of nitrogens with zero attached hydrogens (tertiary/aromatic N) is 1. The van der Waals surface area contributed by atoms with Gasteiger partial charge in [0.15, 0.2) is 0 Å². The molecule has 0 amide bonds. The minimum atomic E-state index is -3.87. The zero-order chi connectivity index (χ0) is 25.2.